The summed E-state index contributed by atoms with van der Waals surface area (Å²) in [5.74, 6) is 0.556. The van der Waals surface area contributed by atoms with Gasteiger partial charge in [0.15, 0.2) is 11.4 Å². The van der Waals surface area contributed by atoms with E-state index < -0.39 is 0 Å². The molecule has 0 spiro atoms. The highest BCUT2D eigenvalue weighted by Gasteiger charge is 2.23. The molecule has 0 radical (unpaired) electrons. The van der Waals surface area contributed by atoms with Gasteiger partial charge in [0.1, 0.15) is 5.75 Å². The maximum atomic E-state index is 11.7. The SMILES string of the molecule is O=C1COc2ccc(-c3csc(=Nc4ccc(Cl)cc4Cl)n3C3CCCC3)cc2N1. The third-order valence-electron chi connectivity index (χ3n) is 5.47. The summed E-state index contributed by atoms with van der Waals surface area (Å²) in [6.07, 6.45) is 4.66. The number of hydrogen-bond donors (Lipinski definition) is 1. The first-order chi connectivity index (χ1) is 14.6. The summed E-state index contributed by atoms with van der Waals surface area (Å²) in [6, 6.07) is 11.7. The fraction of sp³-hybridized carbons (Fsp3) is 0.273. The van der Waals surface area contributed by atoms with E-state index in [-0.39, 0.29) is 12.5 Å². The van der Waals surface area contributed by atoms with Gasteiger partial charge in [0.25, 0.3) is 5.91 Å². The second-order valence-corrected chi connectivity index (χ2v) is 9.15. The quantitative estimate of drug-likeness (QED) is 0.506. The number of nitrogens with one attached hydrogen (secondary N) is 1. The van der Waals surface area contributed by atoms with Gasteiger partial charge in [0.2, 0.25) is 0 Å². The van der Waals surface area contributed by atoms with E-state index in [1.807, 2.05) is 24.3 Å². The number of ether oxygens (including phenoxy) is 1. The molecule has 2 aromatic carbocycles. The number of thiazole rings is 1. The van der Waals surface area contributed by atoms with E-state index in [1.54, 1.807) is 23.5 Å². The summed E-state index contributed by atoms with van der Waals surface area (Å²) >= 11 is 14.0. The number of rotatable bonds is 3. The van der Waals surface area contributed by atoms with E-state index in [4.69, 9.17) is 32.9 Å². The van der Waals surface area contributed by atoms with E-state index in [0.29, 0.717) is 33.2 Å². The Morgan fingerprint density at radius 1 is 1.13 bits per heavy atom. The molecule has 5 rings (SSSR count). The van der Waals surface area contributed by atoms with E-state index in [0.717, 1.165) is 28.9 Å². The third kappa shape index (κ3) is 3.75. The summed E-state index contributed by atoms with van der Waals surface area (Å²) in [5.41, 5.74) is 3.50. The van der Waals surface area contributed by atoms with Gasteiger partial charge in [-0.2, -0.15) is 0 Å². The van der Waals surface area contributed by atoms with Crippen molar-refractivity contribution in [1.82, 2.24) is 4.57 Å². The van der Waals surface area contributed by atoms with Crippen LogP contribution in [0.1, 0.15) is 31.7 Å². The zero-order valence-corrected chi connectivity index (χ0v) is 18.4. The highest BCUT2D eigenvalue weighted by Crippen LogP contribution is 2.37. The molecule has 1 amide bonds. The van der Waals surface area contributed by atoms with Crippen LogP contribution in [0, 0.1) is 0 Å². The van der Waals surface area contributed by atoms with E-state index in [9.17, 15) is 4.79 Å². The third-order valence-corrected chi connectivity index (χ3v) is 6.84. The molecular weight excluding hydrogens is 441 g/mol. The topological polar surface area (TPSA) is 55.6 Å². The van der Waals surface area contributed by atoms with Crippen molar-refractivity contribution in [3.05, 3.63) is 56.6 Å². The number of amides is 1. The standard InChI is InChI=1S/C22H19Cl2N3O2S/c23-14-6-7-17(16(24)10-14)26-22-27(15-3-1-2-4-15)19(12-30-22)13-5-8-20-18(9-13)25-21(28)11-29-20/h5-10,12,15H,1-4,11H2,(H,25,28). The van der Waals surface area contributed by atoms with Crippen molar-refractivity contribution in [3.63, 3.8) is 0 Å². The van der Waals surface area contributed by atoms with Gasteiger partial charge in [0, 0.05) is 22.0 Å². The lowest BCUT2D eigenvalue weighted by molar-refractivity contribution is -0.118. The summed E-state index contributed by atoms with van der Waals surface area (Å²) in [5, 5.41) is 6.14. The average Bonchev–Trinajstić information content (AvgIpc) is 3.39. The average molecular weight is 460 g/mol. The molecule has 1 aliphatic heterocycles. The van der Waals surface area contributed by atoms with Gasteiger partial charge in [0.05, 0.1) is 22.1 Å². The minimum absolute atomic E-state index is 0.0533. The summed E-state index contributed by atoms with van der Waals surface area (Å²) in [7, 11) is 0. The number of halogens is 2. The Bertz CT molecular complexity index is 1200. The lowest BCUT2D eigenvalue weighted by Gasteiger charge is -2.20. The normalized spacial score (nSPS) is 17.0. The fourth-order valence-corrected chi connectivity index (χ4v) is 5.47. The Labute approximate surface area is 187 Å². The first-order valence-corrected chi connectivity index (χ1v) is 11.5. The van der Waals surface area contributed by atoms with Gasteiger partial charge in [-0.15, -0.1) is 11.3 Å². The molecule has 2 heterocycles. The van der Waals surface area contributed by atoms with Crippen molar-refractivity contribution in [1.29, 1.82) is 0 Å². The monoisotopic (exact) mass is 459 g/mol. The highest BCUT2D eigenvalue weighted by molar-refractivity contribution is 7.07. The van der Waals surface area contributed by atoms with Crippen LogP contribution in [0.25, 0.3) is 11.3 Å². The van der Waals surface area contributed by atoms with E-state index in [2.05, 4.69) is 15.3 Å². The van der Waals surface area contributed by atoms with Gasteiger partial charge in [-0.1, -0.05) is 36.0 Å². The Kier molecular flexibility index (Phi) is 5.31. The number of carbonyl (C=O) groups is 1. The van der Waals surface area contributed by atoms with Crippen LogP contribution < -0.4 is 14.9 Å². The Hall–Kier alpha value is -2.28. The van der Waals surface area contributed by atoms with Gasteiger partial charge in [-0.05, 0) is 49.2 Å². The molecule has 1 saturated carbocycles. The number of anilines is 1. The van der Waals surface area contributed by atoms with Crippen molar-refractivity contribution in [3.8, 4) is 17.0 Å². The van der Waals surface area contributed by atoms with Gasteiger partial charge < -0.3 is 14.6 Å². The Morgan fingerprint density at radius 2 is 1.97 bits per heavy atom. The highest BCUT2D eigenvalue weighted by atomic mass is 35.5. The molecule has 1 fully saturated rings. The van der Waals surface area contributed by atoms with Crippen molar-refractivity contribution < 1.29 is 9.53 Å². The number of benzene rings is 2. The zero-order valence-electron chi connectivity index (χ0n) is 16.0. The molecule has 0 saturated heterocycles. The minimum Gasteiger partial charge on any atom is -0.482 e. The molecule has 30 heavy (non-hydrogen) atoms. The van der Waals surface area contributed by atoms with Gasteiger partial charge >= 0.3 is 0 Å². The predicted molar refractivity (Wildman–Crippen MR) is 121 cm³/mol. The van der Waals surface area contributed by atoms with Gasteiger partial charge in [-0.25, -0.2) is 4.99 Å². The van der Waals surface area contributed by atoms with Crippen LogP contribution in [-0.2, 0) is 4.79 Å². The van der Waals surface area contributed by atoms with Crippen molar-refractivity contribution in [2.75, 3.05) is 11.9 Å². The fourth-order valence-electron chi connectivity index (χ4n) is 4.05. The van der Waals surface area contributed by atoms with E-state index in [1.165, 1.54) is 12.8 Å². The molecule has 2 aliphatic rings. The predicted octanol–water partition coefficient (Wildman–Crippen LogP) is 6.20. The van der Waals surface area contributed by atoms with E-state index >= 15 is 0 Å². The van der Waals surface area contributed by atoms with Crippen LogP contribution in [0.2, 0.25) is 10.0 Å². The number of carbonyl (C=O) groups excluding carboxylic acids is 1. The van der Waals surface area contributed by atoms with Crippen LogP contribution in [0.15, 0.2) is 46.8 Å². The lowest BCUT2D eigenvalue weighted by Crippen LogP contribution is -2.25. The van der Waals surface area contributed by atoms with Crippen LogP contribution in [0.4, 0.5) is 11.4 Å². The second kappa shape index (κ2) is 8.10. The summed E-state index contributed by atoms with van der Waals surface area (Å²) < 4.78 is 7.82. The number of aromatic nitrogens is 1. The molecule has 0 unspecified atom stereocenters. The molecule has 3 aromatic rings. The molecule has 1 aromatic heterocycles. The van der Waals surface area contributed by atoms with Crippen LogP contribution >= 0.6 is 34.5 Å². The molecule has 154 valence electrons. The zero-order chi connectivity index (χ0) is 20.7. The molecule has 0 bridgehead atoms. The van der Waals surface area contributed by atoms with Crippen molar-refractivity contribution in [2.45, 2.75) is 31.7 Å². The Balaban J connectivity index is 1.64. The smallest absolute Gasteiger partial charge is 0.262 e. The van der Waals surface area contributed by atoms with Crippen LogP contribution in [-0.4, -0.2) is 17.1 Å². The summed E-state index contributed by atoms with van der Waals surface area (Å²) in [4.78, 5) is 17.5. The summed E-state index contributed by atoms with van der Waals surface area (Å²) in [6.45, 7) is 0.0533. The molecule has 1 N–H and O–H groups in total. The molecular formula is C22H19Cl2N3O2S. The number of nitrogens with zero attached hydrogens (tertiary/aromatic N) is 2. The first-order valence-electron chi connectivity index (χ1n) is 9.85. The second-order valence-electron chi connectivity index (χ2n) is 7.47. The van der Waals surface area contributed by atoms with Crippen molar-refractivity contribution >= 4 is 51.8 Å². The van der Waals surface area contributed by atoms with Gasteiger partial charge in [-0.3, -0.25) is 4.79 Å². The molecule has 5 nitrogen and oxygen atoms in total. The number of fused-ring (bicyclic) bond motifs is 1. The molecule has 8 heteroatoms. The Morgan fingerprint density at radius 3 is 2.77 bits per heavy atom. The number of hydrogen-bond acceptors (Lipinski definition) is 4. The molecule has 1 aliphatic carbocycles. The van der Waals surface area contributed by atoms with Crippen molar-refractivity contribution in [2.24, 2.45) is 4.99 Å². The largest absolute Gasteiger partial charge is 0.482 e. The molecule has 0 atom stereocenters. The van der Waals surface area contributed by atoms with Crippen LogP contribution in [0.5, 0.6) is 5.75 Å². The lowest BCUT2D eigenvalue weighted by atomic mass is 10.1. The first kappa shape index (κ1) is 19.7. The maximum absolute atomic E-state index is 11.7. The van der Waals surface area contributed by atoms with Crippen LogP contribution in [0.3, 0.4) is 0 Å². The maximum Gasteiger partial charge on any atom is 0.262 e. The minimum atomic E-state index is -0.137.